The minimum absolute atomic E-state index is 0.112. The molecule has 0 fully saturated rings. The SMILES string of the molecule is CCCCn1c(SCC(=O)Nc2ccccc2F)nnc1-c1ccc(OC)cc1. The summed E-state index contributed by atoms with van der Waals surface area (Å²) in [5.74, 6) is 0.877. The van der Waals surface area contributed by atoms with Gasteiger partial charge in [-0.2, -0.15) is 0 Å². The van der Waals surface area contributed by atoms with Crippen molar-refractivity contribution >= 4 is 23.4 Å². The molecule has 3 aromatic rings. The van der Waals surface area contributed by atoms with E-state index in [9.17, 15) is 9.18 Å². The number of aromatic nitrogens is 3. The Kier molecular flexibility index (Phi) is 7.24. The number of carbonyl (C=O) groups excluding carboxylic acids is 1. The highest BCUT2D eigenvalue weighted by molar-refractivity contribution is 7.99. The van der Waals surface area contributed by atoms with Crippen LogP contribution in [0.5, 0.6) is 5.75 Å². The topological polar surface area (TPSA) is 69.0 Å². The van der Waals surface area contributed by atoms with Crippen LogP contribution in [0, 0.1) is 5.82 Å². The Hall–Kier alpha value is -2.87. The minimum Gasteiger partial charge on any atom is -0.497 e. The van der Waals surface area contributed by atoms with E-state index >= 15 is 0 Å². The van der Waals surface area contributed by atoms with Crippen LogP contribution in [0.2, 0.25) is 0 Å². The maximum atomic E-state index is 13.7. The monoisotopic (exact) mass is 414 g/mol. The molecule has 29 heavy (non-hydrogen) atoms. The van der Waals surface area contributed by atoms with Crippen molar-refractivity contribution < 1.29 is 13.9 Å². The minimum atomic E-state index is -0.459. The number of benzene rings is 2. The summed E-state index contributed by atoms with van der Waals surface area (Å²) in [5, 5.41) is 11.9. The molecule has 0 aliphatic heterocycles. The summed E-state index contributed by atoms with van der Waals surface area (Å²) in [5.41, 5.74) is 1.10. The van der Waals surface area contributed by atoms with E-state index in [4.69, 9.17) is 4.74 Å². The lowest BCUT2D eigenvalue weighted by molar-refractivity contribution is -0.113. The summed E-state index contributed by atoms with van der Waals surface area (Å²) >= 11 is 1.28. The number of hydrogen-bond acceptors (Lipinski definition) is 5. The first kappa shape index (κ1) is 20.9. The summed E-state index contributed by atoms with van der Waals surface area (Å²) in [7, 11) is 1.62. The van der Waals surface area contributed by atoms with Crippen LogP contribution in [0.4, 0.5) is 10.1 Å². The highest BCUT2D eigenvalue weighted by atomic mass is 32.2. The summed E-state index contributed by atoms with van der Waals surface area (Å²) in [4.78, 5) is 12.2. The second kappa shape index (κ2) is 10.1. The number of rotatable bonds is 9. The molecule has 1 N–H and O–H groups in total. The first-order chi connectivity index (χ1) is 14.1. The summed E-state index contributed by atoms with van der Waals surface area (Å²) in [6.07, 6.45) is 1.99. The quantitative estimate of drug-likeness (QED) is 0.517. The number of nitrogens with zero attached hydrogens (tertiary/aromatic N) is 3. The number of halogens is 1. The number of hydrogen-bond donors (Lipinski definition) is 1. The normalized spacial score (nSPS) is 10.7. The van der Waals surface area contributed by atoms with Crippen LogP contribution >= 0.6 is 11.8 Å². The van der Waals surface area contributed by atoms with Crippen LogP contribution in [0.15, 0.2) is 53.7 Å². The highest BCUT2D eigenvalue weighted by Gasteiger charge is 2.16. The Balaban J connectivity index is 1.73. The summed E-state index contributed by atoms with van der Waals surface area (Å²) in [6, 6.07) is 13.7. The molecule has 1 aromatic heterocycles. The Labute approximate surface area is 173 Å². The summed E-state index contributed by atoms with van der Waals surface area (Å²) < 4.78 is 20.9. The molecule has 0 spiro atoms. The van der Waals surface area contributed by atoms with E-state index in [1.165, 1.54) is 23.9 Å². The maximum absolute atomic E-state index is 13.7. The number of nitrogens with one attached hydrogen (secondary N) is 1. The zero-order chi connectivity index (χ0) is 20.6. The first-order valence-corrected chi connectivity index (χ1v) is 10.4. The lowest BCUT2D eigenvalue weighted by Gasteiger charge is -2.10. The van der Waals surface area contributed by atoms with Gasteiger partial charge in [0.25, 0.3) is 0 Å². The Morgan fingerprint density at radius 2 is 1.93 bits per heavy atom. The molecule has 0 saturated heterocycles. The van der Waals surface area contributed by atoms with Crippen LogP contribution in [0.25, 0.3) is 11.4 Å². The molecule has 1 amide bonds. The van der Waals surface area contributed by atoms with Crippen molar-refractivity contribution in [1.29, 1.82) is 0 Å². The van der Waals surface area contributed by atoms with Gasteiger partial charge in [0.05, 0.1) is 18.6 Å². The van der Waals surface area contributed by atoms with Gasteiger partial charge in [-0.15, -0.1) is 10.2 Å². The molecule has 1 heterocycles. The standard InChI is InChI=1S/C21H23FN4O2S/c1-3-4-13-26-20(15-9-11-16(28-2)12-10-15)24-25-21(26)29-14-19(27)23-18-8-6-5-7-17(18)22/h5-12H,3-4,13-14H2,1-2H3,(H,23,27). The second-order valence-electron chi connectivity index (χ2n) is 6.36. The highest BCUT2D eigenvalue weighted by Crippen LogP contribution is 2.26. The van der Waals surface area contributed by atoms with Crippen molar-refractivity contribution in [3.8, 4) is 17.1 Å². The van der Waals surface area contributed by atoms with Crippen molar-refractivity contribution in [2.24, 2.45) is 0 Å². The molecule has 0 aliphatic rings. The van der Waals surface area contributed by atoms with E-state index in [1.807, 2.05) is 28.8 Å². The molecule has 0 saturated carbocycles. The van der Waals surface area contributed by atoms with Crippen LogP contribution in [0.3, 0.4) is 0 Å². The lowest BCUT2D eigenvalue weighted by Crippen LogP contribution is -2.15. The third kappa shape index (κ3) is 5.35. The van der Waals surface area contributed by atoms with Gasteiger partial charge < -0.3 is 14.6 Å². The Morgan fingerprint density at radius 3 is 2.62 bits per heavy atom. The molecule has 0 atom stereocenters. The van der Waals surface area contributed by atoms with Gasteiger partial charge in [0.2, 0.25) is 5.91 Å². The van der Waals surface area contributed by atoms with Crippen molar-refractivity contribution in [2.75, 3.05) is 18.2 Å². The molecular weight excluding hydrogens is 391 g/mol. The fraction of sp³-hybridized carbons (Fsp3) is 0.286. The van der Waals surface area contributed by atoms with Crippen molar-refractivity contribution in [2.45, 2.75) is 31.5 Å². The Bertz CT molecular complexity index is 960. The van der Waals surface area contributed by atoms with Gasteiger partial charge in [0, 0.05) is 12.1 Å². The molecular formula is C21H23FN4O2S. The molecule has 0 radical (unpaired) electrons. The van der Waals surface area contributed by atoms with E-state index in [-0.39, 0.29) is 17.3 Å². The van der Waals surface area contributed by atoms with Crippen LogP contribution in [0.1, 0.15) is 19.8 Å². The number of amides is 1. The first-order valence-electron chi connectivity index (χ1n) is 9.37. The molecule has 0 bridgehead atoms. The molecule has 3 rings (SSSR count). The largest absolute Gasteiger partial charge is 0.497 e. The van der Waals surface area contributed by atoms with E-state index in [0.29, 0.717) is 5.16 Å². The molecule has 152 valence electrons. The predicted molar refractivity (Wildman–Crippen MR) is 113 cm³/mol. The number of thioether (sulfide) groups is 1. The zero-order valence-corrected chi connectivity index (χ0v) is 17.2. The van der Waals surface area contributed by atoms with Crippen LogP contribution in [-0.2, 0) is 11.3 Å². The third-order valence-electron chi connectivity index (χ3n) is 4.28. The van der Waals surface area contributed by atoms with E-state index in [2.05, 4.69) is 22.4 Å². The number of carbonyl (C=O) groups is 1. The zero-order valence-electron chi connectivity index (χ0n) is 16.4. The van der Waals surface area contributed by atoms with Crippen molar-refractivity contribution in [1.82, 2.24) is 14.8 Å². The third-order valence-corrected chi connectivity index (χ3v) is 5.25. The number of ether oxygens (including phenoxy) is 1. The lowest BCUT2D eigenvalue weighted by atomic mass is 10.2. The average molecular weight is 415 g/mol. The molecule has 6 nitrogen and oxygen atoms in total. The van der Waals surface area contributed by atoms with Crippen molar-refractivity contribution in [3.63, 3.8) is 0 Å². The fourth-order valence-corrected chi connectivity index (χ4v) is 3.51. The molecule has 2 aromatic carbocycles. The van der Waals surface area contributed by atoms with Gasteiger partial charge >= 0.3 is 0 Å². The van der Waals surface area contributed by atoms with Gasteiger partial charge in [0.15, 0.2) is 11.0 Å². The smallest absolute Gasteiger partial charge is 0.234 e. The van der Waals surface area contributed by atoms with Gasteiger partial charge in [0.1, 0.15) is 11.6 Å². The van der Waals surface area contributed by atoms with Crippen LogP contribution in [-0.4, -0.2) is 33.5 Å². The fourth-order valence-electron chi connectivity index (χ4n) is 2.75. The van der Waals surface area contributed by atoms with Crippen LogP contribution < -0.4 is 10.1 Å². The van der Waals surface area contributed by atoms with Crippen molar-refractivity contribution in [3.05, 3.63) is 54.3 Å². The van der Waals surface area contributed by atoms with Gasteiger partial charge in [-0.05, 0) is 42.8 Å². The number of para-hydroxylation sites is 1. The summed E-state index contributed by atoms with van der Waals surface area (Å²) in [6.45, 7) is 2.87. The maximum Gasteiger partial charge on any atom is 0.234 e. The Morgan fingerprint density at radius 1 is 1.17 bits per heavy atom. The van der Waals surface area contributed by atoms with E-state index in [1.54, 1.807) is 19.2 Å². The molecule has 8 heteroatoms. The molecule has 0 unspecified atom stereocenters. The number of methoxy groups -OCH3 is 1. The van der Waals surface area contributed by atoms with E-state index in [0.717, 1.165) is 36.5 Å². The molecule has 0 aliphatic carbocycles. The second-order valence-corrected chi connectivity index (χ2v) is 7.30. The average Bonchev–Trinajstić information content (AvgIpc) is 3.15. The van der Waals surface area contributed by atoms with E-state index < -0.39 is 5.82 Å². The number of anilines is 1. The van der Waals surface area contributed by atoms with Gasteiger partial charge in [-0.25, -0.2) is 4.39 Å². The number of unbranched alkanes of at least 4 members (excludes halogenated alkanes) is 1. The van der Waals surface area contributed by atoms with Gasteiger partial charge in [-0.1, -0.05) is 37.2 Å². The predicted octanol–water partition coefficient (Wildman–Crippen LogP) is 4.62. The van der Waals surface area contributed by atoms with Gasteiger partial charge in [-0.3, -0.25) is 4.79 Å².